The molecule has 0 aliphatic heterocycles. The summed E-state index contributed by atoms with van der Waals surface area (Å²) in [6.07, 6.45) is 1.25. The summed E-state index contributed by atoms with van der Waals surface area (Å²) in [5.41, 5.74) is 2.74. The van der Waals surface area contributed by atoms with Crippen LogP contribution in [0.2, 0.25) is 10.0 Å². The lowest BCUT2D eigenvalue weighted by molar-refractivity contribution is -0.140. The number of sulfonamides is 1. The highest BCUT2D eigenvalue weighted by Gasteiger charge is 2.33. The van der Waals surface area contributed by atoms with Gasteiger partial charge in [-0.3, -0.25) is 13.9 Å². The van der Waals surface area contributed by atoms with E-state index >= 15 is 0 Å². The normalized spacial score (nSPS) is 12.2. The van der Waals surface area contributed by atoms with Gasteiger partial charge >= 0.3 is 0 Å². The predicted octanol–water partition coefficient (Wildman–Crippen LogP) is 5.48. The third kappa shape index (κ3) is 8.46. The number of hydrogen-bond donors (Lipinski definition) is 1. The quantitative estimate of drug-likeness (QED) is 0.297. The van der Waals surface area contributed by atoms with Crippen molar-refractivity contribution < 1.29 is 18.0 Å². The highest BCUT2D eigenvalue weighted by Crippen LogP contribution is 2.34. The molecule has 0 radical (unpaired) electrons. The average molecular weight is 605 g/mol. The highest BCUT2D eigenvalue weighted by molar-refractivity contribution is 7.92. The smallest absolute Gasteiger partial charge is 0.244 e. The number of benzene rings is 3. The van der Waals surface area contributed by atoms with Crippen LogP contribution in [0.5, 0.6) is 0 Å². The van der Waals surface area contributed by atoms with Gasteiger partial charge in [0.15, 0.2) is 0 Å². The second kappa shape index (κ2) is 14.0. The fraction of sp³-hybridized carbons (Fsp3) is 0.333. The van der Waals surface area contributed by atoms with E-state index in [2.05, 4.69) is 5.32 Å². The first kappa shape index (κ1) is 31.5. The standard InChI is InChI=1S/C30H35Cl2N3O4S/c1-21(2)18-33-30(37)27(17-23-12-6-5-7-13-23)34(19-24-14-9-8-11-22(24)3)28(36)20-35(40(4,38)39)26-16-10-15-25(31)29(26)32/h5-16,21,27H,17-20H2,1-4H3,(H,33,37). The maximum atomic E-state index is 14.1. The fourth-order valence-corrected chi connectivity index (χ4v) is 5.53. The Kier molecular flexibility index (Phi) is 11.0. The number of nitrogens with one attached hydrogen (secondary N) is 1. The Bertz CT molecular complexity index is 1430. The molecule has 0 saturated heterocycles. The Morgan fingerprint density at radius 3 is 2.20 bits per heavy atom. The van der Waals surface area contributed by atoms with E-state index in [1.54, 1.807) is 6.07 Å². The van der Waals surface area contributed by atoms with Crippen molar-refractivity contribution in [3.05, 3.63) is 99.5 Å². The van der Waals surface area contributed by atoms with Crippen LogP contribution in [-0.2, 0) is 32.6 Å². The number of rotatable bonds is 12. The summed E-state index contributed by atoms with van der Waals surface area (Å²) >= 11 is 12.5. The molecule has 0 aliphatic rings. The third-order valence-electron chi connectivity index (χ3n) is 6.44. The van der Waals surface area contributed by atoms with Crippen molar-refractivity contribution in [2.24, 2.45) is 5.92 Å². The van der Waals surface area contributed by atoms with E-state index in [-0.39, 0.29) is 40.5 Å². The van der Waals surface area contributed by atoms with E-state index in [0.29, 0.717) is 6.54 Å². The lowest BCUT2D eigenvalue weighted by Crippen LogP contribution is -2.53. The Balaban J connectivity index is 2.08. The Morgan fingerprint density at radius 1 is 0.925 bits per heavy atom. The molecule has 10 heteroatoms. The molecule has 1 N–H and O–H groups in total. The Morgan fingerprint density at radius 2 is 1.57 bits per heavy atom. The summed E-state index contributed by atoms with van der Waals surface area (Å²) in [6, 6.07) is 20.7. The monoisotopic (exact) mass is 603 g/mol. The van der Waals surface area contributed by atoms with Gasteiger partial charge in [-0.1, -0.05) is 97.7 Å². The van der Waals surface area contributed by atoms with E-state index in [4.69, 9.17) is 23.2 Å². The van der Waals surface area contributed by atoms with Crippen molar-refractivity contribution in [1.29, 1.82) is 0 Å². The van der Waals surface area contributed by atoms with Gasteiger partial charge in [-0.25, -0.2) is 8.42 Å². The molecule has 0 spiro atoms. The minimum atomic E-state index is -3.95. The van der Waals surface area contributed by atoms with Crippen LogP contribution in [0, 0.1) is 12.8 Å². The number of hydrogen-bond acceptors (Lipinski definition) is 4. The molecule has 1 atom stereocenters. The molecule has 0 saturated carbocycles. The molecule has 0 aromatic heterocycles. The number of aryl methyl sites for hydroxylation is 1. The van der Waals surface area contributed by atoms with Crippen molar-refractivity contribution in [2.45, 2.75) is 39.8 Å². The maximum Gasteiger partial charge on any atom is 0.244 e. The predicted molar refractivity (Wildman–Crippen MR) is 162 cm³/mol. The van der Waals surface area contributed by atoms with Crippen LogP contribution in [0.15, 0.2) is 72.8 Å². The molecule has 214 valence electrons. The molecule has 3 aromatic rings. The van der Waals surface area contributed by atoms with Gasteiger partial charge in [-0.15, -0.1) is 0 Å². The number of anilines is 1. The Labute approximate surface area is 247 Å². The molecule has 3 aromatic carbocycles. The number of halogens is 2. The fourth-order valence-electron chi connectivity index (χ4n) is 4.23. The summed E-state index contributed by atoms with van der Waals surface area (Å²) < 4.78 is 26.8. The first-order chi connectivity index (χ1) is 18.9. The van der Waals surface area contributed by atoms with E-state index in [9.17, 15) is 18.0 Å². The minimum absolute atomic E-state index is 0.0170. The van der Waals surface area contributed by atoms with Crippen LogP contribution in [0.4, 0.5) is 5.69 Å². The SMILES string of the molecule is Cc1ccccc1CN(C(=O)CN(c1cccc(Cl)c1Cl)S(C)(=O)=O)C(Cc1ccccc1)C(=O)NCC(C)C. The van der Waals surface area contributed by atoms with Gasteiger partial charge in [-0.2, -0.15) is 0 Å². The zero-order valence-corrected chi connectivity index (χ0v) is 25.4. The second-order valence-electron chi connectivity index (χ2n) is 10.1. The summed E-state index contributed by atoms with van der Waals surface area (Å²) in [4.78, 5) is 29.2. The number of carbonyl (C=O) groups is 2. The molecular weight excluding hydrogens is 569 g/mol. The molecule has 0 aliphatic carbocycles. The van der Waals surface area contributed by atoms with E-state index in [0.717, 1.165) is 27.3 Å². The largest absolute Gasteiger partial charge is 0.354 e. The second-order valence-corrected chi connectivity index (χ2v) is 12.8. The first-order valence-corrected chi connectivity index (χ1v) is 15.6. The number of amides is 2. The number of carbonyl (C=O) groups excluding carboxylic acids is 2. The third-order valence-corrected chi connectivity index (χ3v) is 8.37. The average Bonchev–Trinajstić information content (AvgIpc) is 2.90. The maximum absolute atomic E-state index is 14.1. The minimum Gasteiger partial charge on any atom is -0.354 e. The molecule has 0 bridgehead atoms. The molecule has 1 unspecified atom stereocenters. The molecule has 7 nitrogen and oxygen atoms in total. The molecule has 2 amide bonds. The zero-order valence-electron chi connectivity index (χ0n) is 23.1. The van der Waals surface area contributed by atoms with Gasteiger partial charge in [0.25, 0.3) is 0 Å². The van der Waals surface area contributed by atoms with Crippen molar-refractivity contribution in [1.82, 2.24) is 10.2 Å². The lowest BCUT2D eigenvalue weighted by Gasteiger charge is -2.34. The van der Waals surface area contributed by atoms with Crippen LogP contribution >= 0.6 is 23.2 Å². The summed E-state index contributed by atoms with van der Waals surface area (Å²) in [5.74, 6) is -0.663. The molecule has 3 rings (SSSR count). The lowest BCUT2D eigenvalue weighted by atomic mass is 10.0. The summed E-state index contributed by atoms with van der Waals surface area (Å²) in [5, 5.41) is 3.14. The van der Waals surface area contributed by atoms with Gasteiger partial charge in [0.05, 0.1) is 22.0 Å². The highest BCUT2D eigenvalue weighted by atomic mass is 35.5. The van der Waals surface area contributed by atoms with Crippen LogP contribution in [0.1, 0.15) is 30.5 Å². The van der Waals surface area contributed by atoms with Gasteiger partial charge < -0.3 is 10.2 Å². The topological polar surface area (TPSA) is 86.8 Å². The molecule has 0 heterocycles. The van der Waals surface area contributed by atoms with Gasteiger partial charge in [0, 0.05) is 19.5 Å². The van der Waals surface area contributed by atoms with Crippen molar-refractivity contribution in [2.75, 3.05) is 23.7 Å². The Hall–Kier alpha value is -3.07. The van der Waals surface area contributed by atoms with Crippen LogP contribution in [-0.4, -0.2) is 50.5 Å². The summed E-state index contributed by atoms with van der Waals surface area (Å²) in [6.45, 7) is 5.89. The molecular formula is C30H35Cl2N3O4S. The van der Waals surface area contributed by atoms with Gasteiger partial charge in [0.1, 0.15) is 12.6 Å². The van der Waals surface area contributed by atoms with E-state index in [1.807, 2.05) is 75.4 Å². The number of nitrogens with zero attached hydrogens (tertiary/aromatic N) is 2. The summed E-state index contributed by atoms with van der Waals surface area (Å²) in [7, 11) is -3.95. The van der Waals surface area contributed by atoms with Crippen molar-refractivity contribution in [3.8, 4) is 0 Å². The molecule has 0 fully saturated rings. The van der Waals surface area contributed by atoms with Gasteiger partial charge in [-0.05, 0) is 41.7 Å². The van der Waals surface area contributed by atoms with Gasteiger partial charge in [0.2, 0.25) is 21.8 Å². The van der Waals surface area contributed by atoms with Crippen LogP contribution < -0.4 is 9.62 Å². The molecule has 40 heavy (non-hydrogen) atoms. The first-order valence-electron chi connectivity index (χ1n) is 13.0. The van der Waals surface area contributed by atoms with Crippen molar-refractivity contribution in [3.63, 3.8) is 0 Å². The van der Waals surface area contributed by atoms with E-state index < -0.39 is 28.5 Å². The van der Waals surface area contributed by atoms with E-state index in [1.165, 1.54) is 17.0 Å². The van der Waals surface area contributed by atoms with Crippen LogP contribution in [0.25, 0.3) is 0 Å². The van der Waals surface area contributed by atoms with Crippen molar-refractivity contribution >= 4 is 50.7 Å². The van der Waals surface area contributed by atoms with Crippen LogP contribution in [0.3, 0.4) is 0 Å². The zero-order chi connectivity index (χ0) is 29.4.